The first-order chi connectivity index (χ1) is 13.4. The molecule has 0 radical (unpaired) electrons. The smallest absolute Gasteiger partial charge is 0.322 e. The van der Waals surface area contributed by atoms with Crippen molar-refractivity contribution in [2.75, 3.05) is 13.1 Å². The van der Waals surface area contributed by atoms with Crippen molar-refractivity contribution < 1.29 is 34.2 Å². The van der Waals surface area contributed by atoms with Gasteiger partial charge in [0.25, 0.3) is 0 Å². The second-order valence-corrected chi connectivity index (χ2v) is 6.06. The van der Waals surface area contributed by atoms with Crippen LogP contribution in [-0.2, 0) is 24.0 Å². The van der Waals surface area contributed by atoms with Crippen molar-refractivity contribution in [1.29, 1.82) is 0 Å². The molecule has 0 aromatic carbocycles. The first-order valence-corrected chi connectivity index (χ1v) is 8.57. The molecule has 0 saturated carbocycles. The van der Waals surface area contributed by atoms with Crippen LogP contribution in [0.2, 0.25) is 0 Å². The van der Waals surface area contributed by atoms with Crippen molar-refractivity contribution in [1.82, 2.24) is 16.0 Å². The summed E-state index contributed by atoms with van der Waals surface area (Å²) in [6.07, 6.45) is -0.101. The van der Waals surface area contributed by atoms with E-state index in [4.69, 9.17) is 27.4 Å². The van der Waals surface area contributed by atoms with E-state index in [1.54, 1.807) is 0 Å². The summed E-state index contributed by atoms with van der Waals surface area (Å²) in [5.41, 5.74) is 16.1. The number of carboxylic acid groups (broad SMARTS) is 2. The van der Waals surface area contributed by atoms with E-state index in [0.717, 1.165) is 0 Å². The van der Waals surface area contributed by atoms with E-state index in [2.05, 4.69) is 15.6 Å². The van der Waals surface area contributed by atoms with Gasteiger partial charge in [0.15, 0.2) is 5.96 Å². The third-order valence-electron chi connectivity index (χ3n) is 3.48. The highest BCUT2D eigenvalue weighted by molar-refractivity contribution is 5.94. The average Bonchev–Trinajstić information content (AvgIpc) is 2.61. The van der Waals surface area contributed by atoms with Crippen molar-refractivity contribution in [3.05, 3.63) is 0 Å². The summed E-state index contributed by atoms with van der Waals surface area (Å²) in [7, 11) is 0. The van der Waals surface area contributed by atoms with Crippen LogP contribution in [0.1, 0.15) is 26.2 Å². The van der Waals surface area contributed by atoms with Crippen LogP contribution < -0.4 is 33.2 Å². The third-order valence-corrected chi connectivity index (χ3v) is 3.48. The predicted molar refractivity (Wildman–Crippen MR) is 100 cm³/mol. The number of nitrogens with zero attached hydrogens (tertiary/aromatic N) is 1. The molecule has 3 atom stereocenters. The number of guanidine groups is 1. The molecule has 0 heterocycles. The Morgan fingerprint density at radius 1 is 0.966 bits per heavy atom. The second kappa shape index (κ2) is 12.9. The molecular weight excluding hydrogens is 390 g/mol. The fourth-order valence-corrected chi connectivity index (χ4v) is 2.00. The van der Waals surface area contributed by atoms with E-state index in [0.29, 0.717) is 6.42 Å². The number of carbonyl (C=O) groups is 5. The zero-order chi connectivity index (χ0) is 22.6. The van der Waals surface area contributed by atoms with Crippen LogP contribution in [0.15, 0.2) is 4.99 Å². The number of aliphatic imine (C=N–C) groups is 1. The summed E-state index contributed by atoms with van der Waals surface area (Å²) in [5, 5.41) is 23.9. The maximum absolute atomic E-state index is 12.2. The molecule has 0 spiro atoms. The van der Waals surface area contributed by atoms with Gasteiger partial charge in [0.1, 0.15) is 18.6 Å². The molecule has 0 aliphatic carbocycles. The number of hydrogen-bond donors (Lipinski definition) is 8. The van der Waals surface area contributed by atoms with E-state index in [-0.39, 0.29) is 18.9 Å². The maximum Gasteiger partial charge on any atom is 0.322 e. The van der Waals surface area contributed by atoms with Gasteiger partial charge in [-0.2, -0.15) is 0 Å². The van der Waals surface area contributed by atoms with Crippen molar-refractivity contribution in [3.63, 3.8) is 0 Å². The fourth-order valence-electron chi connectivity index (χ4n) is 2.00. The quantitative estimate of drug-likeness (QED) is 0.0819. The SMILES string of the molecule is CC(NC(=O)C(N)CCCN=C(N)N)C(=O)NC(CC(=O)O)C(=O)NCC(=O)O. The fraction of sp³-hybridized carbons (Fsp3) is 0.600. The first-order valence-electron chi connectivity index (χ1n) is 8.57. The highest BCUT2D eigenvalue weighted by atomic mass is 16.4. The molecule has 0 saturated heterocycles. The van der Waals surface area contributed by atoms with Crippen LogP contribution >= 0.6 is 0 Å². The van der Waals surface area contributed by atoms with E-state index in [1.165, 1.54) is 6.92 Å². The van der Waals surface area contributed by atoms with Gasteiger partial charge < -0.3 is 43.4 Å². The Hall–Kier alpha value is -3.42. The summed E-state index contributed by atoms with van der Waals surface area (Å²) in [5.74, 6) is -5.28. The molecule has 0 aliphatic rings. The van der Waals surface area contributed by atoms with Gasteiger partial charge in [-0.25, -0.2) is 0 Å². The Bertz CT molecular complexity index is 649. The minimum absolute atomic E-state index is 0.0865. The van der Waals surface area contributed by atoms with Crippen LogP contribution in [0.5, 0.6) is 0 Å². The molecule has 0 bridgehead atoms. The van der Waals surface area contributed by atoms with Crippen molar-refractivity contribution >= 4 is 35.6 Å². The maximum atomic E-state index is 12.2. The summed E-state index contributed by atoms with van der Waals surface area (Å²) in [6, 6.07) is -3.59. The van der Waals surface area contributed by atoms with Gasteiger partial charge in [0.2, 0.25) is 17.7 Å². The Morgan fingerprint density at radius 3 is 2.10 bits per heavy atom. The van der Waals surface area contributed by atoms with Gasteiger partial charge in [-0.15, -0.1) is 0 Å². The normalized spacial score (nSPS) is 13.3. The molecular formula is C15H27N7O7. The van der Waals surface area contributed by atoms with Crippen LogP contribution in [0, 0.1) is 0 Å². The lowest BCUT2D eigenvalue weighted by atomic mass is 10.1. The third kappa shape index (κ3) is 11.8. The number of hydrogen-bond acceptors (Lipinski definition) is 7. The molecule has 14 heteroatoms. The van der Waals surface area contributed by atoms with E-state index in [1.807, 2.05) is 5.32 Å². The number of amides is 3. The van der Waals surface area contributed by atoms with Gasteiger partial charge in [-0.05, 0) is 19.8 Å². The lowest BCUT2D eigenvalue weighted by Gasteiger charge is -2.21. The zero-order valence-electron chi connectivity index (χ0n) is 15.9. The predicted octanol–water partition coefficient (Wildman–Crippen LogP) is -3.97. The van der Waals surface area contributed by atoms with Gasteiger partial charge >= 0.3 is 11.9 Å². The zero-order valence-corrected chi connectivity index (χ0v) is 15.9. The topological polar surface area (TPSA) is 252 Å². The Labute approximate surface area is 166 Å². The van der Waals surface area contributed by atoms with E-state index < -0.39 is 60.8 Å². The van der Waals surface area contributed by atoms with Gasteiger partial charge in [-0.1, -0.05) is 0 Å². The van der Waals surface area contributed by atoms with Crippen LogP contribution in [0.4, 0.5) is 0 Å². The lowest BCUT2D eigenvalue weighted by molar-refractivity contribution is -0.141. The van der Waals surface area contributed by atoms with Crippen molar-refractivity contribution in [3.8, 4) is 0 Å². The van der Waals surface area contributed by atoms with Gasteiger partial charge in [0, 0.05) is 6.54 Å². The van der Waals surface area contributed by atoms with E-state index in [9.17, 15) is 24.0 Å². The molecule has 14 nitrogen and oxygen atoms in total. The Morgan fingerprint density at radius 2 is 1.59 bits per heavy atom. The molecule has 0 aliphatic heterocycles. The van der Waals surface area contributed by atoms with Crippen molar-refractivity contribution in [2.24, 2.45) is 22.2 Å². The van der Waals surface area contributed by atoms with Crippen LogP contribution in [0.25, 0.3) is 0 Å². The Balaban J connectivity index is 4.69. The second-order valence-electron chi connectivity index (χ2n) is 6.06. The number of nitrogens with two attached hydrogens (primary N) is 3. The minimum Gasteiger partial charge on any atom is -0.481 e. The summed E-state index contributed by atoms with van der Waals surface area (Å²) in [6.45, 7) is 0.847. The molecule has 3 unspecified atom stereocenters. The molecule has 29 heavy (non-hydrogen) atoms. The summed E-state index contributed by atoms with van der Waals surface area (Å²) in [4.78, 5) is 61.2. The lowest BCUT2D eigenvalue weighted by Crippen LogP contribution is -2.55. The standard InChI is InChI=1S/C15H27N7O7/c1-7(21-13(28)8(16)3-2-4-19-15(17)18)12(27)22-9(5-10(23)24)14(29)20-6-11(25)26/h7-9H,2-6,16H2,1H3,(H,20,29)(H,21,28)(H,22,27)(H,23,24)(H,25,26)(H4,17,18,19). The largest absolute Gasteiger partial charge is 0.481 e. The number of rotatable bonds is 13. The minimum atomic E-state index is -1.52. The molecule has 0 rings (SSSR count). The molecule has 0 fully saturated rings. The number of carboxylic acids is 2. The highest BCUT2D eigenvalue weighted by Gasteiger charge is 2.27. The van der Waals surface area contributed by atoms with Crippen LogP contribution in [0.3, 0.4) is 0 Å². The van der Waals surface area contributed by atoms with E-state index >= 15 is 0 Å². The Kier molecular flexibility index (Phi) is 11.4. The summed E-state index contributed by atoms with van der Waals surface area (Å²) < 4.78 is 0. The molecule has 3 amide bonds. The number of nitrogens with one attached hydrogen (secondary N) is 3. The van der Waals surface area contributed by atoms with Gasteiger partial charge in [0.05, 0.1) is 12.5 Å². The van der Waals surface area contributed by atoms with Crippen molar-refractivity contribution in [2.45, 2.75) is 44.3 Å². The number of aliphatic carboxylic acids is 2. The molecule has 0 aromatic heterocycles. The average molecular weight is 417 g/mol. The molecule has 0 aromatic rings. The molecule has 11 N–H and O–H groups in total. The van der Waals surface area contributed by atoms with Crippen LogP contribution in [-0.4, -0.2) is 77.0 Å². The highest BCUT2D eigenvalue weighted by Crippen LogP contribution is 1.98. The number of carbonyl (C=O) groups excluding carboxylic acids is 3. The monoisotopic (exact) mass is 417 g/mol. The molecule has 164 valence electrons. The summed E-state index contributed by atoms with van der Waals surface area (Å²) >= 11 is 0. The first kappa shape index (κ1) is 25.6. The van der Waals surface area contributed by atoms with Gasteiger partial charge in [-0.3, -0.25) is 29.0 Å².